The average Bonchev–Trinajstić information content (AvgIpc) is 3.33. The van der Waals surface area contributed by atoms with Crippen LogP contribution in [-0.4, -0.2) is 27.6 Å². The summed E-state index contributed by atoms with van der Waals surface area (Å²) in [6.45, 7) is 2.28. The molecule has 1 N–H and O–H groups in total. The molecule has 1 amide bonds. The lowest BCUT2D eigenvalue weighted by Gasteiger charge is -2.06. The molecule has 2 heterocycles. The first kappa shape index (κ1) is 20.4. The molecule has 1 aliphatic heterocycles. The summed E-state index contributed by atoms with van der Waals surface area (Å²) in [6, 6.07) is 12.6. The minimum atomic E-state index is -1.42. The molecule has 0 spiro atoms. The number of oxazole rings is 1. The van der Waals surface area contributed by atoms with Gasteiger partial charge in [0.2, 0.25) is 18.6 Å². The lowest BCUT2D eigenvalue weighted by Crippen LogP contribution is -2.28. The van der Waals surface area contributed by atoms with Crippen LogP contribution in [0.25, 0.3) is 11.5 Å². The standard InChI is InChI=1S/C21H19ClN2O5S/c1-13-17(24-21(29-13)15-3-5-16(22)6-4-15)10-30(26)11-20(25)23-9-14-2-7-18-19(8-14)28-12-27-18/h2-8H,9-12H2,1H3,(H,23,25). The van der Waals surface area contributed by atoms with Crippen LogP contribution in [0.15, 0.2) is 46.9 Å². The maximum atomic E-state index is 12.4. The molecule has 2 aromatic carbocycles. The van der Waals surface area contributed by atoms with Crippen LogP contribution in [0.5, 0.6) is 11.5 Å². The molecule has 0 saturated carbocycles. The number of carbonyl (C=O) groups is 1. The SMILES string of the molecule is Cc1oc(-c2ccc(Cl)cc2)nc1CS(=O)CC(=O)NCc1ccc2c(c1)OCO2. The Kier molecular flexibility index (Phi) is 6.06. The molecule has 156 valence electrons. The predicted molar refractivity (Wildman–Crippen MR) is 113 cm³/mol. The predicted octanol–water partition coefficient (Wildman–Crippen LogP) is 3.60. The van der Waals surface area contributed by atoms with E-state index in [0.717, 1.165) is 11.1 Å². The minimum absolute atomic E-state index is 0.118. The highest BCUT2D eigenvalue weighted by molar-refractivity contribution is 7.84. The molecule has 0 saturated heterocycles. The van der Waals surface area contributed by atoms with Gasteiger partial charge in [-0.2, -0.15) is 0 Å². The van der Waals surface area contributed by atoms with Gasteiger partial charge in [0.15, 0.2) is 11.5 Å². The van der Waals surface area contributed by atoms with Gasteiger partial charge in [0.1, 0.15) is 11.5 Å². The molecule has 3 aromatic rings. The van der Waals surface area contributed by atoms with Crippen LogP contribution in [0, 0.1) is 6.92 Å². The normalized spacial score (nSPS) is 13.3. The fourth-order valence-corrected chi connectivity index (χ4v) is 4.13. The lowest BCUT2D eigenvalue weighted by atomic mass is 10.2. The highest BCUT2D eigenvalue weighted by atomic mass is 35.5. The van der Waals surface area contributed by atoms with Gasteiger partial charge in [-0.3, -0.25) is 9.00 Å². The maximum absolute atomic E-state index is 12.4. The van der Waals surface area contributed by atoms with Gasteiger partial charge < -0.3 is 19.2 Å². The third-order valence-electron chi connectivity index (χ3n) is 4.50. The average molecular weight is 447 g/mol. The van der Waals surface area contributed by atoms with E-state index in [4.69, 9.17) is 25.5 Å². The van der Waals surface area contributed by atoms with Crippen molar-refractivity contribution in [2.45, 2.75) is 19.2 Å². The van der Waals surface area contributed by atoms with E-state index in [9.17, 15) is 9.00 Å². The van der Waals surface area contributed by atoms with Crippen LogP contribution in [0.3, 0.4) is 0 Å². The number of aryl methyl sites for hydroxylation is 1. The van der Waals surface area contributed by atoms with Crippen molar-refractivity contribution in [1.29, 1.82) is 0 Å². The van der Waals surface area contributed by atoms with E-state index in [1.54, 1.807) is 37.3 Å². The Labute approximate surface area is 180 Å². The van der Waals surface area contributed by atoms with E-state index in [-0.39, 0.29) is 24.2 Å². The molecular formula is C21H19ClN2O5S. The Morgan fingerprint density at radius 2 is 1.93 bits per heavy atom. The molecule has 0 aliphatic carbocycles. The van der Waals surface area contributed by atoms with Crippen molar-refractivity contribution < 1.29 is 22.9 Å². The Bertz CT molecular complexity index is 1100. The van der Waals surface area contributed by atoms with Crippen molar-refractivity contribution in [2.75, 3.05) is 12.5 Å². The zero-order valence-electron chi connectivity index (χ0n) is 16.1. The van der Waals surface area contributed by atoms with E-state index in [1.165, 1.54) is 0 Å². The molecule has 0 radical (unpaired) electrons. The number of nitrogens with one attached hydrogen (secondary N) is 1. The summed E-state index contributed by atoms with van der Waals surface area (Å²) >= 11 is 5.90. The second kappa shape index (κ2) is 8.89. The summed E-state index contributed by atoms with van der Waals surface area (Å²) in [6.07, 6.45) is 0. The van der Waals surface area contributed by atoms with E-state index in [2.05, 4.69) is 10.3 Å². The number of halogens is 1. The van der Waals surface area contributed by atoms with Crippen LogP contribution in [0.4, 0.5) is 0 Å². The molecule has 7 nitrogen and oxygen atoms in total. The number of ether oxygens (including phenoxy) is 2. The van der Waals surface area contributed by atoms with Crippen molar-refractivity contribution in [3.63, 3.8) is 0 Å². The fourth-order valence-electron chi connectivity index (χ4n) is 2.93. The van der Waals surface area contributed by atoms with Crippen LogP contribution in [-0.2, 0) is 27.9 Å². The number of hydrogen-bond donors (Lipinski definition) is 1. The lowest BCUT2D eigenvalue weighted by molar-refractivity contribution is -0.118. The summed E-state index contributed by atoms with van der Waals surface area (Å²) in [7, 11) is -1.42. The summed E-state index contributed by atoms with van der Waals surface area (Å²) in [4.78, 5) is 16.6. The highest BCUT2D eigenvalue weighted by Gasteiger charge is 2.17. The van der Waals surface area contributed by atoms with Gasteiger partial charge >= 0.3 is 0 Å². The third kappa shape index (κ3) is 4.83. The second-order valence-corrected chi connectivity index (χ2v) is 8.62. The molecule has 9 heteroatoms. The van der Waals surface area contributed by atoms with E-state index >= 15 is 0 Å². The molecule has 4 rings (SSSR count). The highest BCUT2D eigenvalue weighted by Crippen LogP contribution is 2.32. The molecule has 1 unspecified atom stereocenters. The summed E-state index contributed by atoms with van der Waals surface area (Å²) in [5.74, 6) is 2.08. The number of fused-ring (bicyclic) bond motifs is 1. The van der Waals surface area contributed by atoms with E-state index < -0.39 is 10.8 Å². The Morgan fingerprint density at radius 1 is 1.17 bits per heavy atom. The number of nitrogens with zero attached hydrogens (tertiary/aromatic N) is 1. The van der Waals surface area contributed by atoms with Gasteiger partial charge in [0, 0.05) is 27.9 Å². The van der Waals surface area contributed by atoms with Crippen LogP contribution < -0.4 is 14.8 Å². The fraction of sp³-hybridized carbons (Fsp3) is 0.238. The number of benzene rings is 2. The molecule has 1 aromatic heterocycles. The van der Waals surface area contributed by atoms with Crippen molar-refractivity contribution in [1.82, 2.24) is 10.3 Å². The van der Waals surface area contributed by atoms with Crippen molar-refractivity contribution in [3.8, 4) is 23.0 Å². The van der Waals surface area contributed by atoms with Crippen molar-refractivity contribution in [2.24, 2.45) is 0 Å². The Balaban J connectivity index is 1.31. The van der Waals surface area contributed by atoms with Gasteiger partial charge in [-0.15, -0.1) is 0 Å². The smallest absolute Gasteiger partial charge is 0.232 e. The summed E-state index contributed by atoms with van der Waals surface area (Å²) in [5.41, 5.74) is 2.22. The number of rotatable bonds is 7. The van der Waals surface area contributed by atoms with Crippen LogP contribution >= 0.6 is 11.6 Å². The van der Waals surface area contributed by atoms with Gasteiger partial charge in [-0.05, 0) is 48.9 Å². The minimum Gasteiger partial charge on any atom is -0.454 e. The van der Waals surface area contributed by atoms with Crippen LogP contribution in [0.2, 0.25) is 5.02 Å². The first-order valence-electron chi connectivity index (χ1n) is 9.20. The van der Waals surface area contributed by atoms with Crippen molar-refractivity contribution >= 4 is 28.3 Å². The second-order valence-electron chi connectivity index (χ2n) is 6.72. The molecule has 30 heavy (non-hydrogen) atoms. The first-order valence-corrected chi connectivity index (χ1v) is 11.1. The molecule has 0 fully saturated rings. The first-order chi connectivity index (χ1) is 14.5. The quantitative estimate of drug-likeness (QED) is 0.596. The molecule has 0 bridgehead atoms. The zero-order chi connectivity index (χ0) is 21.1. The summed E-state index contributed by atoms with van der Waals surface area (Å²) in [5, 5.41) is 3.39. The summed E-state index contributed by atoms with van der Waals surface area (Å²) < 4.78 is 28.7. The van der Waals surface area contributed by atoms with Gasteiger partial charge in [0.05, 0.1) is 11.4 Å². The largest absolute Gasteiger partial charge is 0.454 e. The molecule has 1 aliphatic rings. The molecular weight excluding hydrogens is 428 g/mol. The number of aromatic nitrogens is 1. The van der Waals surface area contributed by atoms with Crippen molar-refractivity contribution in [3.05, 3.63) is 64.5 Å². The Morgan fingerprint density at radius 3 is 2.73 bits per heavy atom. The topological polar surface area (TPSA) is 90.7 Å². The van der Waals surface area contributed by atoms with Gasteiger partial charge in [0.25, 0.3) is 0 Å². The number of amides is 1. The van der Waals surface area contributed by atoms with Gasteiger partial charge in [-0.25, -0.2) is 4.98 Å². The Hall–Kier alpha value is -2.84. The van der Waals surface area contributed by atoms with Gasteiger partial charge in [-0.1, -0.05) is 17.7 Å². The van der Waals surface area contributed by atoms with E-state index in [1.807, 2.05) is 12.1 Å². The maximum Gasteiger partial charge on any atom is 0.232 e. The van der Waals surface area contributed by atoms with E-state index in [0.29, 0.717) is 40.4 Å². The zero-order valence-corrected chi connectivity index (χ0v) is 17.7. The third-order valence-corrected chi connectivity index (χ3v) is 5.93. The number of carbonyl (C=O) groups excluding carboxylic acids is 1. The van der Waals surface area contributed by atoms with Crippen LogP contribution in [0.1, 0.15) is 17.0 Å². The number of hydrogen-bond acceptors (Lipinski definition) is 6. The monoisotopic (exact) mass is 446 g/mol. The molecule has 1 atom stereocenters.